The number of carbonyl (C=O) groups is 1. The number of anilines is 1. The molecule has 2 aromatic carbocycles. The van der Waals surface area contributed by atoms with Crippen molar-refractivity contribution in [2.75, 3.05) is 4.90 Å². The summed E-state index contributed by atoms with van der Waals surface area (Å²) in [7, 11) is 0. The fourth-order valence-electron chi connectivity index (χ4n) is 4.08. The van der Waals surface area contributed by atoms with Crippen LogP contribution in [0.25, 0.3) is 0 Å². The maximum atomic E-state index is 14.4. The first kappa shape index (κ1) is 14.9. The third-order valence-corrected chi connectivity index (χ3v) is 5.61. The van der Waals surface area contributed by atoms with Crippen LogP contribution in [0.1, 0.15) is 30.9 Å². The van der Waals surface area contributed by atoms with E-state index in [2.05, 4.69) is 20.8 Å². The summed E-state index contributed by atoms with van der Waals surface area (Å²) < 4.78 is 15.4. The number of hydrogen-bond donors (Lipinski definition) is 0. The summed E-state index contributed by atoms with van der Waals surface area (Å²) >= 11 is 3.46. The molecule has 3 aliphatic rings. The third kappa shape index (κ3) is 2.49. The quantitative estimate of drug-likeness (QED) is 0.746. The zero-order valence-corrected chi connectivity index (χ0v) is 14.2. The first-order valence-corrected chi connectivity index (χ1v) is 8.75. The minimum atomic E-state index is -0.222. The van der Waals surface area contributed by atoms with Gasteiger partial charge in [0.05, 0.1) is 6.04 Å². The van der Waals surface area contributed by atoms with Crippen molar-refractivity contribution in [3.63, 3.8) is 0 Å². The summed E-state index contributed by atoms with van der Waals surface area (Å²) in [5, 5.41) is 0. The number of nitrogens with zero attached hydrogens (tertiary/aromatic N) is 1. The van der Waals surface area contributed by atoms with Gasteiger partial charge >= 0.3 is 0 Å². The van der Waals surface area contributed by atoms with Crippen LogP contribution in [0.3, 0.4) is 0 Å². The summed E-state index contributed by atoms with van der Waals surface area (Å²) in [6.07, 6.45) is 2.43. The SMILES string of the molecule is O=C1C[C@H]2CC[C@@H]1[C@@H](c1ccccc1F)N2c1ccc(Br)cc1. The fraction of sp³-hybridized carbons (Fsp3) is 0.316. The number of rotatable bonds is 2. The Hall–Kier alpha value is -1.68. The standard InChI is InChI=1S/C19H17BrFNO/c20-12-5-7-13(8-6-12)22-14-9-10-16(18(23)11-14)19(22)15-3-1-2-4-17(15)21/h1-8,14,16,19H,9-11H2/t14-,16+,19-/m1/s1. The molecule has 0 radical (unpaired) electrons. The van der Waals surface area contributed by atoms with Crippen molar-refractivity contribution in [2.24, 2.45) is 5.92 Å². The van der Waals surface area contributed by atoms with Crippen LogP contribution < -0.4 is 4.90 Å². The summed E-state index contributed by atoms with van der Waals surface area (Å²) in [4.78, 5) is 14.7. The molecule has 2 heterocycles. The highest BCUT2D eigenvalue weighted by atomic mass is 79.9. The Kier molecular flexibility index (Phi) is 3.72. The lowest BCUT2D eigenvalue weighted by Gasteiger charge is -2.52. The van der Waals surface area contributed by atoms with Gasteiger partial charge in [0.2, 0.25) is 0 Å². The molecule has 0 amide bonds. The van der Waals surface area contributed by atoms with Crippen LogP contribution in [0.15, 0.2) is 53.0 Å². The highest BCUT2D eigenvalue weighted by Crippen LogP contribution is 2.48. The van der Waals surface area contributed by atoms with Gasteiger partial charge in [0, 0.05) is 34.1 Å². The molecule has 2 saturated heterocycles. The maximum absolute atomic E-state index is 14.4. The molecule has 0 spiro atoms. The lowest BCUT2D eigenvalue weighted by Crippen LogP contribution is -2.54. The Bertz CT molecular complexity index is 745. The average molecular weight is 374 g/mol. The number of ketones is 1. The van der Waals surface area contributed by atoms with Gasteiger partial charge in [-0.1, -0.05) is 34.1 Å². The van der Waals surface area contributed by atoms with Crippen LogP contribution in [0.5, 0.6) is 0 Å². The number of Topliss-reactive ketones (excluding diaryl/α,β-unsaturated/α-hetero) is 1. The van der Waals surface area contributed by atoms with Crippen molar-refractivity contribution in [1.82, 2.24) is 0 Å². The topological polar surface area (TPSA) is 20.3 Å². The summed E-state index contributed by atoms with van der Waals surface area (Å²) in [5.74, 6) is -0.0524. The Balaban J connectivity index is 1.83. The van der Waals surface area contributed by atoms with E-state index in [1.165, 1.54) is 6.07 Å². The predicted molar refractivity (Wildman–Crippen MR) is 91.9 cm³/mol. The molecule has 2 aliphatic heterocycles. The first-order valence-electron chi connectivity index (χ1n) is 7.96. The van der Waals surface area contributed by atoms with Crippen LogP contribution in [0, 0.1) is 11.7 Å². The van der Waals surface area contributed by atoms with Gasteiger partial charge in [0.1, 0.15) is 11.6 Å². The summed E-state index contributed by atoms with van der Waals surface area (Å²) in [6.45, 7) is 0. The minimum Gasteiger partial charge on any atom is -0.360 e. The zero-order valence-electron chi connectivity index (χ0n) is 12.6. The van der Waals surface area contributed by atoms with Crippen LogP contribution in [0.4, 0.5) is 10.1 Å². The van der Waals surface area contributed by atoms with E-state index in [0.29, 0.717) is 12.0 Å². The lowest BCUT2D eigenvalue weighted by molar-refractivity contribution is -0.128. The highest BCUT2D eigenvalue weighted by Gasteiger charge is 2.47. The highest BCUT2D eigenvalue weighted by molar-refractivity contribution is 9.10. The van der Waals surface area contributed by atoms with E-state index < -0.39 is 0 Å². The second kappa shape index (κ2) is 5.75. The lowest BCUT2D eigenvalue weighted by atomic mass is 9.71. The summed E-state index contributed by atoms with van der Waals surface area (Å²) in [5.41, 5.74) is 1.70. The van der Waals surface area contributed by atoms with Gasteiger partial charge in [0.15, 0.2) is 0 Å². The van der Waals surface area contributed by atoms with Crippen LogP contribution >= 0.6 is 15.9 Å². The van der Waals surface area contributed by atoms with Crippen molar-refractivity contribution in [1.29, 1.82) is 0 Å². The largest absolute Gasteiger partial charge is 0.360 e. The monoisotopic (exact) mass is 373 g/mol. The van der Waals surface area contributed by atoms with E-state index in [1.54, 1.807) is 6.07 Å². The smallest absolute Gasteiger partial charge is 0.140 e. The molecule has 0 N–H and O–H groups in total. The molecule has 3 fully saturated rings. The number of piperidine rings is 2. The van der Waals surface area contributed by atoms with Gasteiger partial charge in [0.25, 0.3) is 0 Å². The van der Waals surface area contributed by atoms with E-state index in [0.717, 1.165) is 23.0 Å². The van der Waals surface area contributed by atoms with Crippen LogP contribution in [-0.2, 0) is 4.79 Å². The van der Waals surface area contributed by atoms with Gasteiger partial charge in [-0.3, -0.25) is 4.79 Å². The number of fused-ring (bicyclic) bond motifs is 3. The molecule has 118 valence electrons. The van der Waals surface area contributed by atoms with Crippen molar-refractivity contribution >= 4 is 27.4 Å². The van der Waals surface area contributed by atoms with E-state index in [4.69, 9.17) is 0 Å². The fourth-order valence-corrected chi connectivity index (χ4v) is 4.34. The third-order valence-electron chi connectivity index (χ3n) is 5.08. The Morgan fingerprint density at radius 1 is 1.04 bits per heavy atom. The second-order valence-electron chi connectivity index (χ2n) is 6.36. The van der Waals surface area contributed by atoms with Crippen molar-refractivity contribution < 1.29 is 9.18 Å². The van der Waals surface area contributed by atoms with Crippen molar-refractivity contribution in [3.8, 4) is 0 Å². The van der Waals surface area contributed by atoms with Crippen LogP contribution in [-0.4, -0.2) is 11.8 Å². The maximum Gasteiger partial charge on any atom is 0.140 e. The molecule has 0 unspecified atom stereocenters. The molecular formula is C19H17BrFNO. The van der Waals surface area contributed by atoms with Crippen molar-refractivity contribution in [3.05, 3.63) is 64.4 Å². The van der Waals surface area contributed by atoms with E-state index >= 15 is 0 Å². The Morgan fingerprint density at radius 3 is 2.48 bits per heavy atom. The average Bonchev–Trinajstić information content (AvgIpc) is 2.56. The van der Waals surface area contributed by atoms with Gasteiger partial charge in [-0.15, -0.1) is 0 Å². The molecule has 1 saturated carbocycles. The van der Waals surface area contributed by atoms with Gasteiger partial charge < -0.3 is 4.90 Å². The molecule has 2 bridgehead atoms. The van der Waals surface area contributed by atoms with Crippen LogP contribution in [0.2, 0.25) is 0 Å². The molecule has 1 aliphatic carbocycles. The molecule has 2 aromatic rings. The molecule has 5 rings (SSSR count). The van der Waals surface area contributed by atoms with Crippen molar-refractivity contribution in [2.45, 2.75) is 31.3 Å². The Morgan fingerprint density at radius 2 is 1.78 bits per heavy atom. The number of hydrogen-bond acceptors (Lipinski definition) is 2. The van der Waals surface area contributed by atoms with E-state index in [1.807, 2.05) is 36.4 Å². The van der Waals surface area contributed by atoms with Gasteiger partial charge in [-0.25, -0.2) is 4.39 Å². The first-order chi connectivity index (χ1) is 11.1. The number of benzene rings is 2. The molecule has 23 heavy (non-hydrogen) atoms. The number of halogens is 2. The predicted octanol–water partition coefficient (Wildman–Crippen LogP) is 4.89. The molecular weight excluding hydrogens is 357 g/mol. The zero-order chi connectivity index (χ0) is 16.0. The Labute approximate surface area is 143 Å². The normalized spacial score (nSPS) is 26.6. The van der Waals surface area contributed by atoms with Gasteiger partial charge in [-0.05, 0) is 43.2 Å². The van der Waals surface area contributed by atoms with E-state index in [-0.39, 0.29) is 29.6 Å². The number of carbonyl (C=O) groups excluding carboxylic acids is 1. The molecule has 0 aromatic heterocycles. The van der Waals surface area contributed by atoms with Gasteiger partial charge in [-0.2, -0.15) is 0 Å². The molecule has 4 heteroatoms. The molecule has 2 nitrogen and oxygen atoms in total. The molecule has 3 atom stereocenters. The minimum absolute atomic E-state index is 0.111. The van der Waals surface area contributed by atoms with E-state index in [9.17, 15) is 9.18 Å². The second-order valence-corrected chi connectivity index (χ2v) is 7.27. The summed E-state index contributed by atoms with van der Waals surface area (Å²) in [6, 6.07) is 14.9.